The van der Waals surface area contributed by atoms with Crippen LogP contribution in [-0.4, -0.2) is 22.9 Å². The Morgan fingerprint density at radius 3 is 2.89 bits per heavy atom. The number of aromatic nitrogens is 1. The molecule has 0 spiro atoms. The molecule has 2 rings (SSSR count). The molecule has 1 amide bonds. The number of carbonyl (C=O) groups excluding carboxylic acids is 1. The lowest BCUT2D eigenvalue weighted by Gasteiger charge is -2.16. The molecule has 6 heteroatoms. The summed E-state index contributed by atoms with van der Waals surface area (Å²) >= 11 is 6.31. The van der Waals surface area contributed by atoms with Crippen LogP contribution in [0.4, 0.5) is 5.69 Å². The number of rotatable bonds is 3. The first-order valence-corrected chi connectivity index (χ1v) is 6.51. The highest BCUT2D eigenvalue weighted by Gasteiger charge is 2.15. The van der Waals surface area contributed by atoms with Gasteiger partial charge in [-0.3, -0.25) is 4.79 Å². The summed E-state index contributed by atoms with van der Waals surface area (Å²) in [7, 11) is 1.69. The zero-order valence-corrected chi connectivity index (χ0v) is 11.3. The average Bonchev–Trinajstić information content (AvgIpc) is 2.91. The van der Waals surface area contributed by atoms with Gasteiger partial charge in [0, 0.05) is 23.7 Å². The van der Waals surface area contributed by atoms with Gasteiger partial charge in [-0.2, -0.15) is 0 Å². The van der Waals surface area contributed by atoms with Gasteiger partial charge in [-0.1, -0.05) is 24.4 Å². The maximum Gasteiger partial charge on any atom is 0.277 e. The minimum atomic E-state index is -0.156. The van der Waals surface area contributed by atoms with Gasteiger partial charge < -0.3 is 10.6 Å². The number of hydrogen-bond acceptors (Lipinski definition) is 4. The molecule has 1 heterocycles. The Kier molecular flexibility index (Phi) is 3.69. The van der Waals surface area contributed by atoms with E-state index in [0.717, 1.165) is 11.3 Å². The molecule has 18 heavy (non-hydrogen) atoms. The predicted octanol–water partition coefficient (Wildman–Crippen LogP) is 2.05. The molecule has 0 saturated heterocycles. The molecule has 1 aromatic heterocycles. The third kappa shape index (κ3) is 2.55. The van der Waals surface area contributed by atoms with Gasteiger partial charge >= 0.3 is 0 Å². The highest BCUT2D eigenvalue weighted by Crippen LogP contribution is 2.17. The summed E-state index contributed by atoms with van der Waals surface area (Å²) in [5.41, 5.74) is 9.11. The fraction of sp³-hybridized carbons (Fsp3) is 0.0833. The van der Waals surface area contributed by atoms with Gasteiger partial charge in [0.05, 0.1) is 5.51 Å². The summed E-state index contributed by atoms with van der Waals surface area (Å²) in [4.78, 5) is 17.9. The zero-order valence-electron chi connectivity index (χ0n) is 9.66. The fourth-order valence-electron chi connectivity index (χ4n) is 1.48. The lowest BCUT2D eigenvalue weighted by Crippen LogP contribution is -2.26. The van der Waals surface area contributed by atoms with Crippen molar-refractivity contribution in [1.29, 1.82) is 0 Å². The van der Waals surface area contributed by atoms with E-state index in [2.05, 4.69) is 4.98 Å². The van der Waals surface area contributed by atoms with Gasteiger partial charge in [0.1, 0.15) is 10.7 Å². The monoisotopic (exact) mass is 277 g/mol. The zero-order chi connectivity index (χ0) is 13.1. The normalized spacial score (nSPS) is 10.1. The fourth-order valence-corrected chi connectivity index (χ4v) is 2.13. The van der Waals surface area contributed by atoms with Crippen molar-refractivity contribution in [3.63, 3.8) is 0 Å². The van der Waals surface area contributed by atoms with Gasteiger partial charge in [0.25, 0.3) is 5.91 Å². The quantitative estimate of drug-likeness (QED) is 0.872. The number of thiazole rings is 1. The molecular weight excluding hydrogens is 266 g/mol. The van der Waals surface area contributed by atoms with Crippen LogP contribution < -0.4 is 10.6 Å². The van der Waals surface area contributed by atoms with Gasteiger partial charge in [-0.15, -0.1) is 11.3 Å². The summed E-state index contributed by atoms with van der Waals surface area (Å²) in [5, 5.41) is 1.72. The van der Waals surface area contributed by atoms with Crippen LogP contribution in [0, 0.1) is 0 Å². The van der Waals surface area contributed by atoms with E-state index in [0.29, 0.717) is 10.7 Å². The van der Waals surface area contributed by atoms with Gasteiger partial charge in [-0.05, 0) is 12.1 Å². The van der Waals surface area contributed by atoms with E-state index in [-0.39, 0.29) is 5.91 Å². The molecule has 0 saturated carbocycles. The predicted molar refractivity (Wildman–Crippen MR) is 77.2 cm³/mol. The number of hydrogen-bond donors (Lipinski definition) is 1. The number of amides is 1. The number of carbonyl (C=O) groups is 1. The molecule has 0 aliphatic heterocycles. The second kappa shape index (κ2) is 5.24. The van der Waals surface area contributed by atoms with E-state index in [4.69, 9.17) is 18.0 Å². The summed E-state index contributed by atoms with van der Waals surface area (Å²) < 4.78 is 0. The number of nitrogens with two attached hydrogens (primary N) is 1. The SMILES string of the molecule is CN(C(=O)c1cscn1)c1cccc(C(N)=S)c1. The van der Waals surface area contributed by atoms with Crippen LogP contribution in [-0.2, 0) is 0 Å². The van der Waals surface area contributed by atoms with E-state index in [9.17, 15) is 4.79 Å². The molecule has 0 aliphatic carbocycles. The van der Waals surface area contributed by atoms with Gasteiger partial charge in [-0.25, -0.2) is 4.98 Å². The molecule has 0 aliphatic rings. The highest BCUT2D eigenvalue weighted by molar-refractivity contribution is 7.80. The lowest BCUT2D eigenvalue weighted by atomic mass is 10.2. The summed E-state index contributed by atoms with van der Waals surface area (Å²) in [6, 6.07) is 7.24. The van der Waals surface area contributed by atoms with Gasteiger partial charge in [0.15, 0.2) is 0 Å². The van der Waals surface area contributed by atoms with Crippen molar-refractivity contribution in [2.24, 2.45) is 5.73 Å². The van der Waals surface area contributed by atoms with Gasteiger partial charge in [0.2, 0.25) is 0 Å². The maximum absolute atomic E-state index is 12.1. The number of nitrogens with zero attached hydrogens (tertiary/aromatic N) is 2. The van der Waals surface area contributed by atoms with E-state index in [1.54, 1.807) is 24.0 Å². The van der Waals surface area contributed by atoms with Crippen molar-refractivity contribution in [3.05, 3.63) is 46.4 Å². The third-order valence-corrected chi connectivity index (χ3v) is 3.30. The third-order valence-electron chi connectivity index (χ3n) is 2.47. The van der Waals surface area contributed by atoms with Crippen molar-refractivity contribution < 1.29 is 4.79 Å². The summed E-state index contributed by atoms with van der Waals surface area (Å²) in [6.07, 6.45) is 0. The van der Waals surface area contributed by atoms with Crippen LogP contribution in [0.5, 0.6) is 0 Å². The summed E-state index contributed by atoms with van der Waals surface area (Å²) in [5.74, 6) is -0.156. The average molecular weight is 277 g/mol. The molecule has 92 valence electrons. The second-order valence-corrected chi connectivity index (χ2v) is 4.81. The number of anilines is 1. The molecule has 0 unspecified atom stereocenters. The van der Waals surface area contributed by atoms with Crippen molar-refractivity contribution in [2.45, 2.75) is 0 Å². The standard InChI is InChI=1S/C12H11N3OS2/c1-15(12(16)10-6-18-7-14-10)9-4-2-3-8(5-9)11(13)17/h2-7H,1H3,(H2,13,17). The van der Waals surface area contributed by atoms with E-state index in [1.165, 1.54) is 16.2 Å². The Balaban J connectivity index is 2.29. The number of thiocarbonyl (C=S) groups is 1. The van der Waals surface area contributed by atoms with Crippen LogP contribution in [0.15, 0.2) is 35.2 Å². The Bertz CT molecular complexity index is 581. The largest absolute Gasteiger partial charge is 0.389 e. The molecule has 2 N–H and O–H groups in total. The first-order chi connectivity index (χ1) is 8.59. The Morgan fingerprint density at radius 2 is 2.28 bits per heavy atom. The van der Waals surface area contributed by atoms with Crippen molar-refractivity contribution in [1.82, 2.24) is 4.98 Å². The molecule has 0 radical (unpaired) electrons. The van der Waals surface area contributed by atoms with Crippen LogP contribution >= 0.6 is 23.6 Å². The van der Waals surface area contributed by atoms with E-state index >= 15 is 0 Å². The topological polar surface area (TPSA) is 59.2 Å². The van der Waals surface area contributed by atoms with Crippen LogP contribution in [0.1, 0.15) is 16.1 Å². The molecule has 1 aromatic carbocycles. The molecule has 0 fully saturated rings. The van der Waals surface area contributed by atoms with E-state index in [1.807, 2.05) is 18.2 Å². The highest BCUT2D eigenvalue weighted by atomic mass is 32.1. The molecule has 0 bridgehead atoms. The van der Waals surface area contributed by atoms with E-state index < -0.39 is 0 Å². The summed E-state index contributed by atoms with van der Waals surface area (Å²) in [6.45, 7) is 0. The first-order valence-electron chi connectivity index (χ1n) is 5.15. The van der Waals surface area contributed by atoms with Crippen LogP contribution in [0.3, 0.4) is 0 Å². The Hall–Kier alpha value is -1.79. The molecule has 4 nitrogen and oxygen atoms in total. The van der Waals surface area contributed by atoms with Crippen molar-refractivity contribution >= 4 is 40.1 Å². The van der Waals surface area contributed by atoms with Crippen LogP contribution in [0.25, 0.3) is 0 Å². The molecular formula is C12H11N3OS2. The lowest BCUT2D eigenvalue weighted by molar-refractivity contribution is 0.0989. The molecule has 0 atom stereocenters. The molecule has 2 aromatic rings. The minimum absolute atomic E-state index is 0.156. The van der Waals surface area contributed by atoms with Crippen molar-refractivity contribution in [3.8, 4) is 0 Å². The van der Waals surface area contributed by atoms with Crippen molar-refractivity contribution in [2.75, 3.05) is 11.9 Å². The second-order valence-electron chi connectivity index (χ2n) is 3.65. The minimum Gasteiger partial charge on any atom is -0.389 e. The Labute approximate surface area is 114 Å². The first kappa shape index (κ1) is 12.7. The Morgan fingerprint density at radius 1 is 1.50 bits per heavy atom. The smallest absolute Gasteiger partial charge is 0.277 e. The maximum atomic E-state index is 12.1. The van der Waals surface area contributed by atoms with Crippen LogP contribution in [0.2, 0.25) is 0 Å². The number of benzene rings is 1.